The summed E-state index contributed by atoms with van der Waals surface area (Å²) < 4.78 is 0. The SMILES string of the molecule is CCCC(C)(CNC(C)(C)C)CN(CCC(C)C)C1CC1. The van der Waals surface area contributed by atoms with Crippen molar-refractivity contribution < 1.29 is 0 Å². The predicted octanol–water partition coefficient (Wildman–Crippen LogP) is 4.69. The van der Waals surface area contributed by atoms with Gasteiger partial charge in [0, 0.05) is 24.7 Å². The molecule has 1 atom stereocenters. The van der Waals surface area contributed by atoms with E-state index in [0.29, 0.717) is 5.41 Å². The van der Waals surface area contributed by atoms with Crippen LogP contribution in [0.3, 0.4) is 0 Å². The maximum absolute atomic E-state index is 3.75. The molecule has 1 saturated carbocycles. The summed E-state index contributed by atoms with van der Waals surface area (Å²) in [5.41, 5.74) is 0.624. The van der Waals surface area contributed by atoms with Crippen molar-refractivity contribution in [2.45, 2.75) is 92.2 Å². The zero-order valence-electron chi connectivity index (χ0n) is 15.8. The molecule has 1 unspecified atom stereocenters. The van der Waals surface area contributed by atoms with Gasteiger partial charge in [-0.3, -0.25) is 4.90 Å². The second kappa shape index (κ2) is 7.97. The zero-order valence-corrected chi connectivity index (χ0v) is 15.8. The first-order valence-corrected chi connectivity index (χ1v) is 9.14. The van der Waals surface area contributed by atoms with E-state index < -0.39 is 0 Å². The van der Waals surface area contributed by atoms with E-state index in [9.17, 15) is 0 Å². The van der Waals surface area contributed by atoms with Crippen LogP contribution in [0.2, 0.25) is 0 Å². The lowest BCUT2D eigenvalue weighted by Crippen LogP contribution is -2.48. The van der Waals surface area contributed by atoms with Gasteiger partial charge in [-0.2, -0.15) is 0 Å². The molecule has 0 spiro atoms. The molecule has 2 nitrogen and oxygen atoms in total. The first-order chi connectivity index (χ1) is 9.65. The Morgan fingerprint density at radius 2 is 1.76 bits per heavy atom. The molecule has 1 fully saturated rings. The van der Waals surface area contributed by atoms with E-state index in [1.807, 2.05) is 0 Å². The largest absolute Gasteiger partial charge is 0.311 e. The number of hydrogen-bond acceptors (Lipinski definition) is 2. The van der Waals surface area contributed by atoms with Gasteiger partial charge in [-0.25, -0.2) is 0 Å². The molecule has 0 aromatic rings. The molecule has 1 aliphatic carbocycles. The van der Waals surface area contributed by atoms with E-state index in [4.69, 9.17) is 0 Å². The minimum Gasteiger partial charge on any atom is -0.311 e. The highest BCUT2D eigenvalue weighted by Gasteiger charge is 2.34. The Bertz CT molecular complexity index is 288. The summed E-state index contributed by atoms with van der Waals surface area (Å²) >= 11 is 0. The van der Waals surface area contributed by atoms with Crippen molar-refractivity contribution in [1.82, 2.24) is 10.2 Å². The molecule has 0 aliphatic heterocycles. The summed E-state index contributed by atoms with van der Waals surface area (Å²) in [5.74, 6) is 0.816. The third-order valence-corrected chi connectivity index (χ3v) is 4.54. The summed E-state index contributed by atoms with van der Waals surface area (Å²) in [4.78, 5) is 2.79. The maximum atomic E-state index is 3.75. The van der Waals surface area contributed by atoms with Crippen LogP contribution < -0.4 is 5.32 Å². The van der Waals surface area contributed by atoms with Gasteiger partial charge in [0.25, 0.3) is 0 Å². The summed E-state index contributed by atoms with van der Waals surface area (Å²) in [5, 5.41) is 3.75. The Hall–Kier alpha value is -0.0800. The third-order valence-electron chi connectivity index (χ3n) is 4.54. The standard InChI is InChI=1S/C19H40N2/c1-8-12-19(7,14-20-18(4,5)6)15-21(17-9-10-17)13-11-16(2)3/h16-17,20H,8-15H2,1-7H3. The van der Waals surface area contributed by atoms with Gasteiger partial charge in [-0.1, -0.05) is 34.1 Å². The molecule has 0 heterocycles. The van der Waals surface area contributed by atoms with Gasteiger partial charge in [0.2, 0.25) is 0 Å². The lowest BCUT2D eigenvalue weighted by molar-refractivity contribution is 0.130. The fourth-order valence-corrected chi connectivity index (χ4v) is 3.05. The van der Waals surface area contributed by atoms with Crippen LogP contribution in [-0.4, -0.2) is 36.1 Å². The van der Waals surface area contributed by atoms with Crippen molar-refractivity contribution in [3.63, 3.8) is 0 Å². The molecule has 0 radical (unpaired) electrons. The highest BCUT2D eigenvalue weighted by atomic mass is 15.2. The average Bonchev–Trinajstić information content (AvgIpc) is 3.16. The number of nitrogens with zero attached hydrogens (tertiary/aromatic N) is 1. The molecule has 1 N–H and O–H groups in total. The minimum absolute atomic E-state index is 0.220. The molecular weight excluding hydrogens is 256 g/mol. The number of nitrogens with one attached hydrogen (secondary N) is 1. The Kier molecular flexibility index (Phi) is 7.19. The molecule has 1 rings (SSSR count). The molecule has 2 heteroatoms. The van der Waals surface area contributed by atoms with Gasteiger partial charge in [0.1, 0.15) is 0 Å². The highest BCUT2D eigenvalue weighted by molar-refractivity contribution is 4.90. The quantitative estimate of drug-likeness (QED) is 0.629. The molecule has 126 valence electrons. The molecule has 0 amide bonds. The number of rotatable bonds is 10. The van der Waals surface area contributed by atoms with Crippen LogP contribution in [0.5, 0.6) is 0 Å². The van der Waals surface area contributed by atoms with Gasteiger partial charge < -0.3 is 5.32 Å². The summed E-state index contributed by atoms with van der Waals surface area (Å²) in [6, 6.07) is 0.884. The van der Waals surface area contributed by atoms with Gasteiger partial charge in [0.05, 0.1) is 0 Å². The Morgan fingerprint density at radius 3 is 2.19 bits per heavy atom. The molecule has 0 aromatic heterocycles. The first-order valence-electron chi connectivity index (χ1n) is 9.14. The maximum Gasteiger partial charge on any atom is 0.00967 e. The molecule has 1 aliphatic rings. The van der Waals surface area contributed by atoms with E-state index in [1.54, 1.807) is 0 Å². The van der Waals surface area contributed by atoms with Gasteiger partial charge in [-0.15, -0.1) is 0 Å². The molecule has 0 aromatic carbocycles. The summed E-state index contributed by atoms with van der Waals surface area (Å²) in [6.07, 6.45) is 6.79. The van der Waals surface area contributed by atoms with Crippen molar-refractivity contribution in [2.75, 3.05) is 19.6 Å². The Labute approximate surface area is 134 Å². The lowest BCUT2D eigenvalue weighted by atomic mass is 9.83. The van der Waals surface area contributed by atoms with Crippen LogP contribution in [-0.2, 0) is 0 Å². The van der Waals surface area contributed by atoms with Crippen molar-refractivity contribution in [2.24, 2.45) is 11.3 Å². The van der Waals surface area contributed by atoms with E-state index >= 15 is 0 Å². The second-order valence-electron chi connectivity index (χ2n) is 9.05. The zero-order chi connectivity index (χ0) is 16.1. The molecule has 21 heavy (non-hydrogen) atoms. The van der Waals surface area contributed by atoms with Crippen LogP contribution in [0.1, 0.15) is 80.6 Å². The molecule has 0 saturated heterocycles. The van der Waals surface area contributed by atoms with E-state index in [2.05, 4.69) is 58.7 Å². The van der Waals surface area contributed by atoms with E-state index in [1.165, 1.54) is 45.2 Å². The van der Waals surface area contributed by atoms with Crippen LogP contribution in [0.15, 0.2) is 0 Å². The minimum atomic E-state index is 0.220. The summed E-state index contributed by atoms with van der Waals surface area (Å²) in [7, 11) is 0. The van der Waals surface area contributed by atoms with Crippen molar-refractivity contribution in [1.29, 1.82) is 0 Å². The van der Waals surface area contributed by atoms with Crippen LogP contribution in [0.4, 0.5) is 0 Å². The van der Waals surface area contributed by atoms with E-state index in [0.717, 1.165) is 18.5 Å². The van der Waals surface area contributed by atoms with Crippen LogP contribution >= 0.6 is 0 Å². The van der Waals surface area contributed by atoms with Gasteiger partial charge in [0.15, 0.2) is 0 Å². The lowest BCUT2D eigenvalue weighted by Gasteiger charge is -2.38. The summed E-state index contributed by atoms with van der Waals surface area (Å²) in [6.45, 7) is 20.0. The van der Waals surface area contributed by atoms with Crippen molar-refractivity contribution in [3.8, 4) is 0 Å². The topological polar surface area (TPSA) is 15.3 Å². The van der Waals surface area contributed by atoms with E-state index in [-0.39, 0.29) is 5.54 Å². The smallest absolute Gasteiger partial charge is 0.00967 e. The highest BCUT2D eigenvalue weighted by Crippen LogP contribution is 2.33. The molecular formula is C19H40N2. The fourth-order valence-electron chi connectivity index (χ4n) is 3.05. The Balaban J connectivity index is 2.59. The third kappa shape index (κ3) is 8.21. The Morgan fingerprint density at radius 1 is 1.14 bits per heavy atom. The normalized spacial score (nSPS) is 19.3. The fraction of sp³-hybridized carbons (Fsp3) is 1.00. The van der Waals surface area contributed by atoms with Gasteiger partial charge in [-0.05, 0) is 64.3 Å². The van der Waals surface area contributed by atoms with Crippen molar-refractivity contribution in [3.05, 3.63) is 0 Å². The second-order valence-corrected chi connectivity index (χ2v) is 9.05. The van der Waals surface area contributed by atoms with Crippen LogP contribution in [0.25, 0.3) is 0 Å². The number of hydrogen-bond donors (Lipinski definition) is 1. The average molecular weight is 297 g/mol. The van der Waals surface area contributed by atoms with Crippen molar-refractivity contribution >= 4 is 0 Å². The first kappa shape index (κ1) is 19.0. The molecule has 0 bridgehead atoms. The van der Waals surface area contributed by atoms with Crippen LogP contribution in [0, 0.1) is 11.3 Å². The monoisotopic (exact) mass is 296 g/mol. The van der Waals surface area contributed by atoms with Gasteiger partial charge >= 0.3 is 0 Å². The predicted molar refractivity (Wildman–Crippen MR) is 94.8 cm³/mol.